The second-order valence-corrected chi connectivity index (χ2v) is 7.00. The highest BCUT2D eigenvalue weighted by molar-refractivity contribution is 7.10. The van der Waals surface area contributed by atoms with Gasteiger partial charge < -0.3 is 5.73 Å². The van der Waals surface area contributed by atoms with Gasteiger partial charge in [0.25, 0.3) is 0 Å². The third-order valence-electron chi connectivity index (χ3n) is 4.27. The van der Waals surface area contributed by atoms with Gasteiger partial charge in [0.1, 0.15) is 6.04 Å². The number of nitrogens with two attached hydrogens (primary N) is 1. The summed E-state index contributed by atoms with van der Waals surface area (Å²) >= 11 is 1.54. The Bertz CT molecular complexity index is 737. The number of piperazine rings is 1. The highest BCUT2D eigenvalue weighted by atomic mass is 32.1. The van der Waals surface area contributed by atoms with Crippen LogP contribution in [0.5, 0.6) is 0 Å². The Morgan fingerprint density at radius 2 is 2.08 bits per heavy atom. The van der Waals surface area contributed by atoms with Crippen molar-refractivity contribution >= 4 is 17.2 Å². The van der Waals surface area contributed by atoms with Gasteiger partial charge in [0.05, 0.1) is 11.6 Å². The minimum Gasteiger partial charge on any atom is -0.366 e. The summed E-state index contributed by atoms with van der Waals surface area (Å²) in [5.74, 6) is -0.389. The maximum Gasteiger partial charge on any atom is 0.249 e. The summed E-state index contributed by atoms with van der Waals surface area (Å²) in [6, 6.07) is 14.4. The lowest BCUT2D eigenvalue weighted by molar-refractivity contribution is 0.0908. The fourth-order valence-corrected chi connectivity index (χ4v) is 3.88. The molecule has 2 heterocycles. The van der Waals surface area contributed by atoms with E-state index < -0.39 is 0 Å². The number of hydrogen-bond donors (Lipinski definition) is 1. The first-order valence-corrected chi connectivity index (χ1v) is 8.81. The van der Waals surface area contributed by atoms with Gasteiger partial charge in [-0.15, -0.1) is 11.3 Å². The van der Waals surface area contributed by atoms with Gasteiger partial charge in [-0.2, -0.15) is 5.26 Å². The fraction of sp³-hybridized carbons (Fsp3) is 0.333. The Balaban J connectivity index is 1.60. The number of nitrogens with zero attached hydrogens (tertiary/aromatic N) is 3. The molecule has 6 heteroatoms. The van der Waals surface area contributed by atoms with E-state index in [1.54, 1.807) is 16.7 Å². The Kier molecular flexibility index (Phi) is 5.26. The molecule has 2 N–H and O–H groups in total. The molecule has 3 rings (SSSR count). The Labute approximate surface area is 145 Å². The molecular formula is C18H20N4OS. The Morgan fingerprint density at radius 3 is 2.75 bits per heavy atom. The molecule has 24 heavy (non-hydrogen) atoms. The van der Waals surface area contributed by atoms with Crippen LogP contribution in [0.4, 0.5) is 0 Å². The number of carbonyl (C=O) groups is 1. The molecule has 1 amide bonds. The predicted octanol–water partition coefficient (Wildman–Crippen LogP) is 2.06. The van der Waals surface area contributed by atoms with Gasteiger partial charge in [-0.25, -0.2) is 0 Å². The van der Waals surface area contributed by atoms with Gasteiger partial charge in [0, 0.05) is 43.0 Å². The van der Waals surface area contributed by atoms with Crippen molar-refractivity contribution in [2.75, 3.05) is 19.6 Å². The van der Waals surface area contributed by atoms with Crippen LogP contribution in [-0.4, -0.2) is 41.4 Å². The predicted molar refractivity (Wildman–Crippen MR) is 94.4 cm³/mol. The quantitative estimate of drug-likeness (QED) is 0.904. The van der Waals surface area contributed by atoms with Crippen LogP contribution in [0.1, 0.15) is 20.8 Å². The Morgan fingerprint density at radius 1 is 1.29 bits per heavy atom. The van der Waals surface area contributed by atoms with Gasteiger partial charge in [0.15, 0.2) is 0 Å². The van der Waals surface area contributed by atoms with E-state index in [1.807, 2.05) is 24.3 Å². The number of benzene rings is 1. The van der Waals surface area contributed by atoms with Crippen LogP contribution in [0.3, 0.4) is 0 Å². The number of primary amides is 1. The maximum absolute atomic E-state index is 11.2. The number of thiophene rings is 1. The molecule has 1 aromatic heterocycles. The second kappa shape index (κ2) is 7.58. The van der Waals surface area contributed by atoms with Crippen molar-refractivity contribution in [3.05, 3.63) is 57.8 Å². The van der Waals surface area contributed by atoms with Gasteiger partial charge in [-0.05, 0) is 11.6 Å². The van der Waals surface area contributed by atoms with E-state index in [0.717, 1.165) is 31.1 Å². The summed E-state index contributed by atoms with van der Waals surface area (Å²) in [7, 11) is 0. The summed E-state index contributed by atoms with van der Waals surface area (Å²) in [4.78, 5) is 16.8. The average Bonchev–Trinajstić information content (AvgIpc) is 3.06. The zero-order chi connectivity index (χ0) is 16.9. The zero-order valence-corrected chi connectivity index (χ0v) is 14.2. The van der Waals surface area contributed by atoms with E-state index >= 15 is 0 Å². The van der Waals surface area contributed by atoms with E-state index in [4.69, 9.17) is 5.73 Å². The van der Waals surface area contributed by atoms with Crippen LogP contribution < -0.4 is 5.73 Å². The van der Waals surface area contributed by atoms with Crippen molar-refractivity contribution in [3.8, 4) is 6.07 Å². The third kappa shape index (κ3) is 4.01. The number of amides is 1. The van der Waals surface area contributed by atoms with Gasteiger partial charge in [-0.3, -0.25) is 14.6 Å². The van der Waals surface area contributed by atoms with Gasteiger partial charge in [0.2, 0.25) is 5.91 Å². The number of hydrogen-bond acceptors (Lipinski definition) is 5. The largest absolute Gasteiger partial charge is 0.366 e. The molecule has 0 saturated carbocycles. The first-order valence-electron chi connectivity index (χ1n) is 7.93. The molecule has 1 saturated heterocycles. The van der Waals surface area contributed by atoms with Crippen LogP contribution in [0.2, 0.25) is 0 Å². The summed E-state index contributed by atoms with van der Waals surface area (Å²) in [6.07, 6.45) is 0. The average molecular weight is 340 g/mol. The van der Waals surface area contributed by atoms with Crippen LogP contribution in [0.15, 0.2) is 41.8 Å². The smallest absolute Gasteiger partial charge is 0.249 e. The fourth-order valence-electron chi connectivity index (χ4n) is 2.96. The molecule has 0 unspecified atom stereocenters. The molecular weight excluding hydrogens is 320 g/mol. The van der Waals surface area contributed by atoms with Crippen molar-refractivity contribution in [3.63, 3.8) is 0 Å². The second-order valence-electron chi connectivity index (χ2n) is 6.00. The van der Waals surface area contributed by atoms with E-state index in [9.17, 15) is 10.1 Å². The molecule has 0 aliphatic carbocycles. The highest BCUT2D eigenvalue weighted by Gasteiger charge is 2.27. The Hall–Kier alpha value is -2.20. The lowest BCUT2D eigenvalue weighted by Gasteiger charge is -2.38. The van der Waals surface area contributed by atoms with Crippen molar-refractivity contribution in [1.82, 2.24) is 9.80 Å². The molecule has 1 atom stereocenters. The van der Waals surface area contributed by atoms with Crippen molar-refractivity contribution in [1.29, 1.82) is 5.26 Å². The van der Waals surface area contributed by atoms with Crippen LogP contribution in [0, 0.1) is 11.3 Å². The topological polar surface area (TPSA) is 73.4 Å². The van der Waals surface area contributed by atoms with Gasteiger partial charge >= 0.3 is 0 Å². The van der Waals surface area contributed by atoms with Crippen LogP contribution in [-0.2, 0) is 13.1 Å². The lowest BCUT2D eigenvalue weighted by atomic mass is 10.1. The summed E-state index contributed by atoms with van der Waals surface area (Å²) in [6.45, 7) is 4.05. The van der Waals surface area contributed by atoms with E-state index in [0.29, 0.717) is 12.1 Å². The number of carbonyl (C=O) groups excluding carboxylic acids is 1. The molecule has 124 valence electrons. The molecule has 0 radical (unpaired) electrons. The molecule has 0 bridgehead atoms. The maximum atomic E-state index is 11.2. The normalized spacial score (nSPS) is 19.0. The number of nitriles is 1. The van der Waals surface area contributed by atoms with E-state index in [1.165, 1.54) is 5.56 Å². The molecule has 0 spiro atoms. The summed E-state index contributed by atoms with van der Waals surface area (Å²) in [5, 5.41) is 11.3. The first kappa shape index (κ1) is 16.7. The highest BCUT2D eigenvalue weighted by Crippen LogP contribution is 2.20. The van der Waals surface area contributed by atoms with Crippen molar-refractivity contribution in [2.24, 2.45) is 5.73 Å². The monoisotopic (exact) mass is 340 g/mol. The molecule has 1 aromatic carbocycles. The van der Waals surface area contributed by atoms with Crippen molar-refractivity contribution in [2.45, 2.75) is 19.1 Å². The number of rotatable bonds is 5. The SMILES string of the molecule is N#C[C@@H]1CN(Cc2cc(C(N)=O)cs2)CCN1Cc1ccccc1. The minimum absolute atomic E-state index is 0.116. The summed E-state index contributed by atoms with van der Waals surface area (Å²) in [5.41, 5.74) is 7.10. The molecule has 1 aliphatic heterocycles. The lowest BCUT2D eigenvalue weighted by Crippen LogP contribution is -2.51. The van der Waals surface area contributed by atoms with Crippen LogP contribution in [0.25, 0.3) is 0 Å². The van der Waals surface area contributed by atoms with Crippen LogP contribution >= 0.6 is 11.3 Å². The van der Waals surface area contributed by atoms with E-state index in [2.05, 4.69) is 28.0 Å². The molecule has 2 aromatic rings. The summed E-state index contributed by atoms with van der Waals surface area (Å²) < 4.78 is 0. The minimum atomic E-state index is -0.389. The van der Waals surface area contributed by atoms with Gasteiger partial charge in [-0.1, -0.05) is 30.3 Å². The standard InChI is InChI=1S/C18H20N4OS/c19-9-16-11-21(12-17-8-15(13-24-17)18(20)23)6-7-22(16)10-14-4-2-1-3-5-14/h1-5,8,13,16H,6-7,10-12H2,(H2,20,23)/t16-/m1/s1. The first-order chi connectivity index (χ1) is 11.7. The molecule has 5 nitrogen and oxygen atoms in total. The third-order valence-corrected chi connectivity index (χ3v) is 5.19. The zero-order valence-electron chi connectivity index (χ0n) is 13.4. The molecule has 1 fully saturated rings. The van der Waals surface area contributed by atoms with E-state index in [-0.39, 0.29) is 11.9 Å². The molecule has 1 aliphatic rings. The van der Waals surface area contributed by atoms with Crippen molar-refractivity contribution < 1.29 is 4.79 Å².